The molecule has 4 aromatic heterocycles. The molecule has 1 aliphatic carbocycles. The SMILES string of the molecule is Cc1cc(Nc2cc(C)[nH]n2)nc(C2(O)CCC(C(=O)NCc3ccc(-n4cc(Cl)cn4)nc3)C2)c1. The summed E-state index contributed by atoms with van der Waals surface area (Å²) in [4.78, 5) is 21.9. The minimum Gasteiger partial charge on any atom is -0.384 e. The molecular formula is C25H27ClN8O2. The van der Waals surface area contributed by atoms with Crippen LogP contribution >= 0.6 is 11.6 Å². The van der Waals surface area contributed by atoms with Crippen LogP contribution in [0.4, 0.5) is 11.6 Å². The van der Waals surface area contributed by atoms with Crippen LogP contribution < -0.4 is 10.6 Å². The Hall–Kier alpha value is -3.76. The van der Waals surface area contributed by atoms with E-state index in [1.807, 2.05) is 44.2 Å². The number of hydrogen-bond donors (Lipinski definition) is 4. The van der Waals surface area contributed by atoms with Crippen LogP contribution in [0.2, 0.25) is 5.02 Å². The number of aromatic amines is 1. The second-order valence-electron chi connectivity index (χ2n) is 9.29. The van der Waals surface area contributed by atoms with Gasteiger partial charge in [0.15, 0.2) is 11.6 Å². The molecule has 5 rings (SSSR count). The van der Waals surface area contributed by atoms with Crippen LogP contribution in [0, 0.1) is 19.8 Å². The average molecular weight is 507 g/mol. The van der Waals surface area contributed by atoms with E-state index in [-0.39, 0.29) is 11.8 Å². The molecule has 1 aliphatic rings. The average Bonchev–Trinajstić information content (AvgIpc) is 3.58. The van der Waals surface area contributed by atoms with Gasteiger partial charge >= 0.3 is 0 Å². The second kappa shape index (κ2) is 9.71. The molecule has 0 bridgehead atoms. The van der Waals surface area contributed by atoms with Gasteiger partial charge in [0.2, 0.25) is 5.91 Å². The maximum atomic E-state index is 12.9. The van der Waals surface area contributed by atoms with E-state index in [9.17, 15) is 9.90 Å². The maximum Gasteiger partial charge on any atom is 0.223 e. The summed E-state index contributed by atoms with van der Waals surface area (Å²) in [6.45, 7) is 4.22. The van der Waals surface area contributed by atoms with Crippen molar-refractivity contribution in [1.82, 2.24) is 35.3 Å². The van der Waals surface area contributed by atoms with Gasteiger partial charge in [-0.2, -0.15) is 10.2 Å². The van der Waals surface area contributed by atoms with Crippen LogP contribution in [0.5, 0.6) is 0 Å². The van der Waals surface area contributed by atoms with Crippen molar-refractivity contribution >= 4 is 29.1 Å². The number of halogens is 1. The van der Waals surface area contributed by atoms with Gasteiger partial charge in [0.25, 0.3) is 0 Å². The number of rotatable bonds is 7. The number of amides is 1. The van der Waals surface area contributed by atoms with Gasteiger partial charge in [-0.15, -0.1) is 0 Å². The number of aliphatic hydroxyl groups is 1. The van der Waals surface area contributed by atoms with Crippen LogP contribution in [0.3, 0.4) is 0 Å². The number of nitrogens with one attached hydrogen (secondary N) is 3. The maximum absolute atomic E-state index is 12.9. The van der Waals surface area contributed by atoms with Crippen LogP contribution in [-0.2, 0) is 16.9 Å². The first-order valence-electron chi connectivity index (χ1n) is 11.7. The molecular weight excluding hydrogens is 480 g/mol. The highest BCUT2D eigenvalue weighted by atomic mass is 35.5. The molecule has 186 valence electrons. The standard InChI is InChI=1S/C25H27ClN8O2/c1-15-7-20(30-21(8-15)31-22-9-16(2)32-33-22)25(36)6-5-18(10-25)24(35)28-12-17-3-4-23(27-11-17)34-14-19(26)13-29-34/h3-4,7-9,11,13-14,18,36H,5-6,10,12H2,1-2H3,(H,28,35)(H2,30,31,32,33). The van der Waals surface area contributed by atoms with Crippen molar-refractivity contribution < 1.29 is 9.90 Å². The van der Waals surface area contributed by atoms with Gasteiger partial charge < -0.3 is 15.7 Å². The van der Waals surface area contributed by atoms with Crippen LogP contribution in [0.1, 0.15) is 41.8 Å². The minimum atomic E-state index is -1.17. The molecule has 0 aliphatic heterocycles. The van der Waals surface area contributed by atoms with Crippen LogP contribution in [-0.4, -0.2) is 41.0 Å². The predicted octanol–water partition coefficient (Wildman–Crippen LogP) is 3.70. The largest absolute Gasteiger partial charge is 0.384 e. The monoisotopic (exact) mass is 506 g/mol. The lowest BCUT2D eigenvalue weighted by molar-refractivity contribution is -0.125. The van der Waals surface area contributed by atoms with Crippen molar-refractivity contribution in [3.63, 3.8) is 0 Å². The summed E-state index contributed by atoms with van der Waals surface area (Å²) in [5.74, 6) is 1.50. The number of anilines is 2. The molecule has 10 nitrogen and oxygen atoms in total. The summed E-state index contributed by atoms with van der Waals surface area (Å²) in [7, 11) is 0. The van der Waals surface area contributed by atoms with E-state index in [2.05, 4.69) is 35.9 Å². The highest BCUT2D eigenvalue weighted by Crippen LogP contribution is 2.42. The molecule has 1 amide bonds. The molecule has 2 unspecified atom stereocenters. The smallest absolute Gasteiger partial charge is 0.223 e. The van der Waals surface area contributed by atoms with E-state index in [1.165, 1.54) is 0 Å². The van der Waals surface area contributed by atoms with E-state index in [4.69, 9.17) is 11.6 Å². The molecule has 4 aromatic rings. The van der Waals surface area contributed by atoms with Crippen molar-refractivity contribution in [3.05, 3.63) is 76.5 Å². The van der Waals surface area contributed by atoms with Gasteiger partial charge in [0, 0.05) is 30.4 Å². The van der Waals surface area contributed by atoms with E-state index in [1.54, 1.807) is 23.3 Å². The fourth-order valence-electron chi connectivity index (χ4n) is 4.48. The minimum absolute atomic E-state index is 0.0909. The van der Waals surface area contributed by atoms with Gasteiger partial charge in [-0.25, -0.2) is 14.6 Å². The highest BCUT2D eigenvalue weighted by molar-refractivity contribution is 6.30. The van der Waals surface area contributed by atoms with Crippen molar-refractivity contribution in [3.8, 4) is 5.82 Å². The summed E-state index contributed by atoms with van der Waals surface area (Å²) in [5, 5.41) is 29.3. The van der Waals surface area contributed by atoms with E-state index in [0.29, 0.717) is 54.0 Å². The third kappa shape index (κ3) is 5.24. The lowest BCUT2D eigenvalue weighted by Crippen LogP contribution is -2.31. The zero-order chi connectivity index (χ0) is 25.3. The van der Waals surface area contributed by atoms with Crippen LogP contribution in [0.15, 0.2) is 48.9 Å². The number of pyridine rings is 2. The molecule has 0 aromatic carbocycles. The Labute approximate surface area is 213 Å². The van der Waals surface area contributed by atoms with E-state index >= 15 is 0 Å². The molecule has 36 heavy (non-hydrogen) atoms. The quantitative estimate of drug-likeness (QED) is 0.300. The zero-order valence-electron chi connectivity index (χ0n) is 20.0. The summed E-state index contributed by atoms with van der Waals surface area (Å²) in [6.07, 6.45) is 6.27. The Morgan fingerprint density at radius 2 is 2.11 bits per heavy atom. The fourth-order valence-corrected chi connectivity index (χ4v) is 4.62. The molecule has 11 heteroatoms. The number of aromatic nitrogens is 6. The first-order chi connectivity index (χ1) is 17.3. The number of carbonyl (C=O) groups excluding carboxylic acids is 1. The van der Waals surface area contributed by atoms with Crippen LogP contribution in [0.25, 0.3) is 5.82 Å². The van der Waals surface area contributed by atoms with Gasteiger partial charge in [0.1, 0.15) is 11.4 Å². The molecule has 0 radical (unpaired) electrons. The molecule has 2 atom stereocenters. The fraction of sp³-hybridized carbons (Fsp3) is 0.320. The highest BCUT2D eigenvalue weighted by Gasteiger charge is 2.43. The predicted molar refractivity (Wildman–Crippen MR) is 135 cm³/mol. The third-order valence-corrected chi connectivity index (χ3v) is 6.53. The molecule has 1 saturated carbocycles. The van der Waals surface area contributed by atoms with Crippen molar-refractivity contribution in [2.45, 2.75) is 45.3 Å². The van der Waals surface area contributed by atoms with Crippen molar-refractivity contribution in [1.29, 1.82) is 0 Å². The Balaban J connectivity index is 1.20. The molecule has 4 heterocycles. The van der Waals surface area contributed by atoms with Crippen molar-refractivity contribution in [2.75, 3.05) is 5.32 Å². The first-order valence-corrected chi connectivity index (χ1v) is 12.1. The summed E-state index contributed by atoms with van der Waals surface area (Å²) < 4.78 is 1.58. The van der Waals surface area contributed by atoms with E-state index in [0.717, 1.165) is 16.8 Å². The number of carbonyl (C=O) groups is 1. The Morgan fingerprint density at radius 3 is 2.81 bits per heavy atom. The van der Waals surface area contributed by atoms with Gasteiger partial charge in [-0.05, 0) is 62.4 Å². The molecule has 1 fully saturated rings. The summed E-state index contributed by atoms with van der Waals surface area (Å²) >= 11 is 5.91. The topological polar surface area (TPSA) is 134 Å². The number of hydrogen-bond acceptors (Lipinski definition) is 7. The van der Waals surface area contributed by atoms with Gasteiger partial charge in [-0.1, -0.05) is 17.7 Å². The Bertz CT molecular complexity index is 1380. The normalized spacial score (nSPS) is 19.4. The summed E-state index contributed by atoms with van der Waals surface area (Å²) in [6, 6.07) is 9.36. The molecule has 0 saturated heterocycles. The van der Waals surface area contributed by atoms with E-state index < -0.39 is 5.60 Å². The lowest BCUT2D eigenvalue weighted by Gasteiger charge is -2.23. The third-order valence-electron chi connectivity index (χ3n) is 6.33. The number of H-pyrrole nitrogens is 1. The summed E-state index contributed by atoms with van der Waals surface area (Å²) in [5.41, 5.74) is 2.15. The Kier molecular flexibility index (Phi) is 6.46. The number of nitrogens with zero attached hydrogens (tertiary/aromatic N) is 5. The molecule has 0 spiro atoms. The molecule has 4 N–H and O–H groups in total. The Morgan fingerprint density at radius 1 is 1.25 bits per heavy atom. The van der Waals surface area contributed by atoms with Gasteiger partial charge in [-0.3, -0.25) is 9.89 Å². The lowest BCUT2D eigenvalue weighted by atomic mass is 9.94. The zero-order valence-corrected chi connectivity index (χ0v) is 20.8. The first kappa shape index (κ1) is 24.0. The second-order valence-corrected chi connectivity index (χ2v) is 9.73. The van der Waals surface area contributed by atoms with Crippen molar-refractivity contribution in [2.24, 2.45) is 5.92 Å². The number of aryl methyl sites for hydroxylation is 2. The van der Waals surface area contributed by atoms with Gasteiger partial charge in [0.05, 0.1) is 23.1 Å².